The smallest absolute Gasteiger partial charge is 0.256 e. The van der Waals surface area contributed by atoms with Crippen LogP contribution in [0.15, 0.2) is 18.3 Å². The Balaban J connectivity index is 2.13. The van der Waals surface area contributed by atoms with E-state index < -0.39 is 0 Å². The first kappa shape index (κ1) is 9.96. The lowest BCUT2D eigenvalue weighted by molar-refractivity contribution is 0.0946. The summed E-state index contributed by atoms with van der Waals surface area (Å²) in [5.41, 5.74) is 0.520. The highest BCUT2D eigenvalue weighted by molar-refractivity contribution is 5.96. The van der Waals surface area contributed by atoms with Gasteiger partial charge in [0.25, 0.3) is 5.91 Å². The van der Waals surface area contributed by atoms with Crippen LogP contribution >= 0.6 is 0 Å². The molecule has 1 aromatic rings. The average molecular weight is 206 g/mol. The summed E-state index contributed by atoms with van der Waals surface area (Å²) in [6.45, 7) is 2.39. The van der Waals surface area contributed by atoms with Gasteiger partial charge in [0.15, 0.2) is 0 Å². The number of hydrogen-bond acceptors (Lipinski definition) is 3. The third-order valence-corrected chi connectivity index (χ3v) is 2.21. The lowest BCUT2D eigenvalue weighted by Gasteiger charge is -2.08. The Morgan fingerprint density at radius 3 is 3.13 bits per heavy atom. The van der Waals surface area contributed by atoms with Gasteiger partial charge in [-0.1, -0.05) is 0 Å². The molecule has 1 aliphatic rings. The number of carbonyl (C=O) groups excluding carboxylic acids is 1. The van der Waals surface area contributed by atoms with Crippen molar-refractivity contribution in [2.24, 2.45) is 0 Å². The SMILES string of the molecule is CCOc1ncccc1C(=O)NC1CC1. The quantitative estimate of drug-likeness (QED) is 0.809. The molecule has 1 amide bonds. The molecule has 1 fully saturated rings. The van der Waals surface area contributed by atoms with E-state index in [2.05, 4.69) is 10.3 Å². The summed E-state index contributed by atoms with van der Waals surface area (Å²) in [4.78, 5) is 15.8. The van der Waals surface area contributed by atoms with E-state index in [-0.39, 0.29) is 5.91 Å². The molecule has 4 nitrogen and oxygen atoms in total. The molecule has 0 spiro atoms. The fraction of sp³-hybridized carbons (Fsp3) is 0.455. The average Bonchev–Trinajstić information content (AvgIpc) is 3.03. The zero-order valence-corrected chi connectivity index (χ0v) is 8.69. The van der Waals surface area contributed by atoms with Crippen LogP contribution in [-0.4, -0.2) is 23.5 Å². The van der Waals surface area contributed by atoms with Crippen LogP contribution in [0.4, 0.5) is 0 Å². The van der Waals surface area contributed by atoms with Crippen LogP contribution in [-0.2, 0) is 0 Å². The van der Waals surface area contributed by atoms with E-state index >= 15 is 0 Å². The number of nitrogens with zero attached hydrogens (tertiary/aromatic N) is 1. The molecule has 0 radical (unpaired) electrons. The normalized spacial score (nSPS) is 14.7. The molecular weight excluding hydrogens is 192 g/mol. The molecule has 0 bridgehead atoms. The molecule has 1 saturated carbocycles. The van der Waals surface area contributed by atoms with Crippen molar-refractivity contribution in [3.63, 3.8) is 0 Å². The number of pyridine rings is 1. The van der Waals surface area contributed by atoms with Crippen molar-refractivity contribution in [1.29, 1.82) is 0 Å². The maximum absolute atomic E-state index is 11.8. The largest absolute Gasteiger partial charge is 0.477 e. The van der Waals surface area contributed by atoms with Gasteiger partial charge in [0, 0.05) is 12.2 Å². The Morgan fingerprint density at radius 2 is 2.47 bits per heavy atom. The summed E-state index contributed by atoms with van der Waals surface area (Å²) in [6.07, 6.45) is 3.78. The first-order valence-corrected chi connectivity index (χ1v) is 5.20. The van der Waals surface area contributed by atoms with Gasteiger partial charge in [0.05, 0.1) is 6.61 Å². The van der Waals surface area contributed by atoms with Gasteiger partial charge in [0.1, 0.15) is 5.56 Å². The van der Waals surface area contributed by atoms with Crippen LogP contribution in [0.3, 0.4) is 0 Å². The number of nitrogens with one attached hydrogen (secondary N) is 1. The second-order valence-electron chi connectivity index (χ2n) is 3.54. The van der Waals surface area contributed by atoms with E-state index in [0.717, 1.165) is 12.8 Å². The van der Waals surface area contributed by atoms with Gasteiger partial charge in [-0.05, 0) is 31.9 Å². The zero-order chi connectivity index (χ0) is 10.7. The lowest BCUT2D eigenvalue weighted by atomic mass is 10.2. The maximum atomic E-state index is 11.8. The molecule has 0 atom stereocenters. The lowest BCUT2D eigenvalue weighted by Crippen LogP contribution is -2.26. The van der Waals surface area contributed by atoms with Crippen LogP contribution < -0.4 is 10.1 Å². The Labute approximate surface area is 88.7 Å². The molecule has 4 heteroatoms. The number of amides is 1. The highest BCUT2D eigenvalue weighted by Gasteiger charge is 2.25. The minimum absolute atomic E-state index is 0.0888. The summed E-state index contributed by atoms with van der Waals surface area (Å²) in [7, 11) is 0. The molecule has 0 aliphatic heterocycles. The zero-order valence-electron chi connectivity index (χ0n) is 8.69. The first-order chi connectivity index (χ1) is 7.31. The van der Waals surface area contributed by atoms with Crippen LogP contribution in [0.5, 0.6) is 5.88 Å². The monoisotopic (exact) mass is 206 g/mol. The minimum atomic E-state index is -0.0888. The molecule has 1 aliphatic carbocycles. The number of ether oxygens (including phenoxy) is 1. The number of rotatable bonds is 4. The van der Waals surface area contributed by atoms with Crippen LogP contribution in [0, 0.1) is 0 Å². The molecule has 1 N–H and O–H groups in total. The second-order valence-corrected chi connectivity index (χ2v) is 3.54. The minimum Gasteiger partial charge on any atom is -0.477 e. The molecular formula is C11H14N2O2. The predicted octanol–water partition coefficient (Wildman–Crippen LogP) is 1.37. The fourth-order valence-corrected chi connectivity index (χ4v) is 1.31. The van der Waals surface area contributed by atoms with Gasteiger partial charge in [-0.15, -0.1) is 0 Å². The second kappa shape index (κ2) is 4.29. The Bertz CT molecular complexity index is 361. The standard InChI is InChI=1S/C11H14N2O2/c1-2-15-11-9(4-3-7-12-11)10(14)13-8-5-6-8/h3-4,7-8H,2,5-6H2,1H3,(H,13,14). The summed E-state index contributed by atoms with van der Waals surface area (Å²) < 4.78 is 5.29. The summed E-state index contributed by atoms with van der Waals surface area (Å²) in [6, 6.07) is 3.83. The van der Waals surface area contributed by atoms with Gasteiger partial charge in [0.2, 0.25) is 5.88 Å². The van der Waals surface area contributed by atoms with Crippen LogP contribution in [0.25, 0.3) is 0 Å². The van der Waals surface area contributed by atoms with E-state index in [4.69, 9.17) is 4.74 Å². The highest BCUT2D eigenvalue weighted by Crippen LogP contribution is 2.21. The summed E-state index contributed by atoms with van der Waals surface area (Å²) in [5, 5.41) is 2.91. The van der Waals surface area contributed by atoms with E-state index in [1.165, 1.54) is 0 Å². The van der Waals surface area contributed by atoms with Crippen molar-refractivity contribution >= 4 is 5.91 Å². The number of hydrogen-bond donors (Lipinski definition) is 1. The van der Waals surface area contributed by atoms with Gasteiger partial charge in [-0.25, -0.2) is 4.98 Å². The Kier molecular flexibility index (Phi) is 2.85. The Hall–Kier alpha value is -1.58. The van der Waals surface area contributed by atoms with E-state index in [9.17, 15) is 4.79 Å². The van der Waals surface area contributed by atoms with Crippen molar-refractivity contribution < 1.29 is 9.53 Å². The molecule has 1 aromatic heterocycles. The van der Waals surface area contributed by atoms with Crippen molar-refractivity contribution in [3.05, 3.63) is 23.9 Å². The molecule has 0 saturated heterocycles. The van der Waals surface area contributed by atoms with Crippen molar-refractivity contribution in [2.45, 2.75) is 25.8 Å². The molecule has 2 rings (SSSR count). The van der Waals surface area contributed by atoms with Crippen molar-refractivity contribution in [1.82, 2.24) is 10.3 Å². The maximum Gasteiger partial charge on any atom is 0.256 e. The molecule has 0 aromatic carbocycles. The van der Waals surface area contributed by atoms with Crippen LogP contribution in [0.1, 0.15) is 30.1 Å². The van der Waals surface area contributed by atoms with Crippen molar-refractivity contribution in [3.8, 4) is 5.88 Å². The van der Waals surface area contributed by atoms with Gasteiger partial charge >= 0.3 is 0 Å². The van der Waals surface area contributed by atoms with Gasteiger partial charge < -0.3 is 10.1 Å². The van der Waals surface area contributed by atoms with E-state index in [1.54, 1.807) is 18.3 Å². The Morgan fingerprint density at radius 1 is 1.67 bits per heavy atom. The van der Waals surface area contributed by atoms with Crippen molar-refractivity contribution in [2.75, 3.05) is 6.61 Å². The molecule has 1 heterocycles. The molecule has 15 heavy (non-hydrogen) atoms. The summed E-state index contributed by atoms with van der Waals surface area (Å²) >= 11 is 0. The third-order valence-electron chi connectivity index (χ3n) is 2.21. The number of carbonyl (C=O) groups is 1. The molecule has 80 valence electrons. The summed E-state index contributed by atoms with van der Waals surface area (Å²) in [5.74, 6) is 0.326. The van der Waals surface area contributed by atoms with E-state index in [0.29, 0.717) is 24.1 Å². The fourth-order valence-electron chi connectivity index (χ4n) is 1.31. The van der Waals surface area contributed by atoms with E-state index in [1.807, 2.05) is 6.92 Å². The molecule has 0 unspecified atom stereocenters. The highest BCUT2D eigenvalue weighted by atomic mass is 16.5. The van der Waals surface area contributed by atoms with Gasteiger partial charge in [-0.2, -0.15) is 0 Å². The van der Waals surface area contributed by atoms with Gasteiger partial charge in [-0.3, -0.25) is 4.79 Å². The van der Waals surface area contributed by atoms with Crippen LogP contribution in [0.2, 0.25) is 0 Å². The number of aromatic nitrogens is 1. The topological polar surface area (TPSA) is 51.2 Å². The first-order valence-electron chi connectivity index (χ1n) is 5.20. The predicted molar refractivity (Wildman–Crippen MR) is 55.9 cm³/mol. The third kappa shape index (κ3) is 2.46.